The van der Waals surface area contributed by atoms with Gasteiger partial charge in [0.2, 0.25) is 0 Å². The van der Waals surface area contributed by atoms with E-state index in [1.54, 1.807) is 31.1 Å². The molecule has 120 valence electrons. The number of hydrogen-bond acceptors (Lipinski definition) is 5. The Labute approximate surface area is 131 Å². The van der Waals surface area contributed by atoms with Crippen molar-refractivity contribution in [3.63, 3.8) is 0 Å². The lowest BCUT2D eigenvalue weighted by molar-refractivity contribution is -0.144. The molecule has 6 nitrogen and oxygen atoms in total. The van der Waals surface area contributed by atoms with E-state index < -0.39 is 11.4 Å². The fourth-order valence-electron chi connectivity index (χ4n) is 1.95. The average molecular weight is 304 g/mol. The van der Waals surface area contributed by atoms with Gasteiger partial charge in [0.25, 0.3) is 0 Å². The van der Waals surface area contributed by atoms with Crippen LogP contribution in [-0.4, -0.2) is 29.0 Å². The van der Waals surface area contributed by atoms with Crippen LogP contribution in [0.25, 0.3) is 0 Å². The summed E-state index contributed by atoms with van der Waals surface area (Å²) in [6.45, 7) is 10.8. The first kappa shape index (κ1) is 17.6. The zero-order valence-electron chi connectivity index (χ0n) is 13.8. The average Bonchev–Trinajstić information content (AvgIpc) is 2.41. The fraction of sp³-hybridized carbons (Fsp3) is 0.375. The Bertz CT molecular complexity index is 583. The SMILES string of the molecule is C=C/C(=C\NC1=C(/C=C\C)NC(C)=NN1C)C(C)(C)C(=O)O. The second-order valence-corrected chi connectivity index (χ2v) is 5.47. The lowest BCUT2D eigenvalue weighted by Gasteiger charge is -2.27. The molecule has 1 aliphatic heterocycles. The van der Waals surface area contributed by atoms with Crippen LogP contribution in [0.2, 0.25) is 0 Å². The Morgan fingerprint density at radius 2 is 2.14 bits per heavy atom. The standard InChI is InChI=1S/C16H24N4O2/c1-7-9-13-14(20(6)19-11(3)18-13)17-10-12(8-2)16(4,5)15(21)22/h7-10,17H,2H2,1,3-6H3,(H,18,19)(H,21,22)/b9-7-,12-10+. The summed E-state index contributed by atoms with van der Waals surface area (Å²) in [5, 5.41) is 21.6. The van der Waals surface area contributed by atoms with E-state index in [2.05, 4.69) is 22.3 Å². The summed E-state index contributed by atoms with van der Waals surface area (Å²) in [5.41, 5.74) is 0.396. The number of carbonyl (C=O) groups is 1. The van der Waals surface area contributed by atoms with E-state index in [9.17, 15) is 9.90 Å². The van der Waals surface area contributed by atoms with Crippen molar-refractivity contribution in [3.8, 4) is 0 Å². The first-order valence-electron chi connectivity index (χ1n) is 7.00. The van der Waals surface area contributed by atoms with Crippen LogP contribution in [0.3, 0.4) is 0 Å². The van der Waals surface area contributed by atoms with Crippen LogP contribution in [0.4, 0.5) is 0 Å². The molecule has 0 aromatic heterocycles. The summed E-state index contributed by atoms with van der Waals surface area (Å²) >= 11 is 0. The monoisotopic (exact) mass is 304 g/mol. The van der Waals surface area contributed by atoms with Crippen LogP contribution in [0.15, 0.2) is 53.2 Å². The number of carboxylic acid groups (broad SMARTS) is 1. The van der Waals surface area contributed by atoms with Crippen LogP contribution in [0.1, 0.15) is 27.7 Å². The topological polar surface area (TPSA) is 77.0 Å². The molecule has 1 rings (SSSR count). The van der Waals surface area contributed by atoms with Crippen molar-refractivity contribution in [2.24, 2.45) is 10.5 Å². The molecule has 6 heteroatoms. The van der Waals surface area contributed by atoms with Crippen LogP contribution in [0.5, 0.6) is 0 Å². The number of aliphatic carboxylic acids is 1. The molecule has 22 heavy (non-hydrogen) atoms. The van der Waals surface area contributed by atoms with Gasteiger partial charge in [-0.15, -0.1) is 0 Å². The minimum Gasteiger partial charge on any atom is -0.481 e. The van der Waals surface area contributed by atoms with Crippen molar-refractivity contribution >= 4 is 11.8 Å². The van der Waals surface area contributed by atoms with E-state index in [4.69, 9.17) is 0 Å². The number of rotatable bonds is 6. The first-order valence-corrected chi connectivity index (χ1v) is 7.00. The second kappa shape index (κ2) is 6.98. The van der Waals surface area contributed by atoms with E-state index in [1.165, 1.54) is 0 Å². The lowest BCUT2D eigenvalue weighted by Crippen LogP contribution is -2.36. The Morgan fingerprint density at radius 1 is 1.50 bits per heavy atom. The molecule has 0 aromatic carbocycles. The van der Waals surface area contributed by atoms with E-state index in [0.29, 0.717) is 5.57 Å². The zero-order chi connectivity index (χ0) is 16.9. The Kier molecular flexibility index (Phi) is 5.56. The third kappa shape index (κ3) is 3.78. The van der Waals surface area contributed by atoms with Crippen molar-refractivity contribution in [3.05, 3.63) is 48.1 Å². The highest BCUT2D eigenvalue weighted by atomic mass is 16.4. The maximum absolute atomic E-state index is 11.4. The molecule has 0 saturated carbocycles. The maximum Gasteiger partial charge on any atom is 0.313 e. The van der Waals surface area contributed by atoms with Crippen molar-refractivity contribution in [2.45, 2.75) is 27.7 Å². The highest BCUT2D eigenvalue weighted by Crippen LogP contribution is 2.27. The van der Waals surface area contributed by atoms with Crippen molar-refractivity contribution in [1.82, 2.24) is 15.6 Å². The van der Waals surface area contributed by atoms with E-state index in [1.807, 2.05) is 33.0 Å². The molecule has 0 saturated heterocycles. The Hall–Kier alpha value is -2.50. The van der Waals surface area contributed by atoms with Gasteiger partial charge in [0.05, 0.1) is 11.1 Å². The zero-order valence-corrected chi connectivity index (χ0v) is 13.8. The van der Waals surface area contributed by atoms with Crippen molar-refractivity contribution < 1.29 is 9.90 Å². The van der Waals surface area contributed by atoms with Gasteiger partial charge in [0.15, 0.2) is 0 Å². The molecule has 0 radical (unpaired) electrons. The van der Waals surface area contributed by atoms with E-state index in [-0.39, 0.29) is 0 Å². The third-order valence-corrected chi connectivity index (χ3v) is 3.37. The summed E-state index contributed by atoms with van der Waals surface area (Å²) in [6, 6.07) is 0. The summed E-state index contributed by atoms with van der Waals surface area (Å²) in [7, 11) is 1.82. The van der Waals surface area contributed by atoms with Gasteiger partial charge in [-0.25, -0.2) is 5.01 Å². The molecule has 0 spiro atoms. The van der Waals surface area contributed by atoms with Crippen molar-refractivity contribution in [2.75, 3.05) is 7.05 Å². The van der Waals surface area contributed by atoms with Gasteiger partial charge in [-0.2, -0.15) is 5.10 Å². The van der Waals surface area contributed by atoms with Crippen LogP contribution in [0, 0.1) is 5.41 Å². The third-order valence-electron chi connectivity index (χ3n) is 3.37. The largest absolute Gasteiger partial charge is 0.481 e. The molecule has 1 aliphatic rings. The molecule has 0 amide bonds. The maximum atomic E-state index is 11.4. The molecular formula is C16H24N4O2. The van der Waals surface area contributed by atoms with Crippen molar-refractivity contribution in [1.29, 1.82) is 0 Å². The van der Waals surface area contributed by atoms with Gasteiger partial charge in [-0.1, -0.05) is 18.7 Å². The molecule has 0 atom stereocenters. The van der Waals surface area contributed by atoms with Gasteiger partial charge in [-0.3, -0.25) is 4.79 Å². The molecule has 0 unspecified atom stereocenters. The summed E-state index contributed by atoms with van der Waals surface area (Å²) in [6.07, 6.45) is 7.02. The van der Waals surface area contributed by atoms with Crippen LogP contribution >= 0.6 is 0 Å². The number of hydrogen-bond donors (Lipinski definition) is 3. The quantitative estimate of drug-likeness (QED) is 0.657. The highest BCUT2D eigenvalue weighted by Gasteiger charge is 2.30. The lowest BCUT2D eigenvalue weighted by atomic mass is 9.85. The molecule has 3 N–H and O–H groups in total. The number of carboxylic acids is 1. The highest BCUT2D eigenvalue weighted by molar-refractivity contribution is 5.82. The minimum atomic E-state index is -1.03. The molecule has 0 aromatic rings. The van der Waals surface area contributed by atoms with Crippen LogP contribution in [-0.2, 0) is 4.79 Å². The van der Waals surface area contributed by atoms with Gasteiger partial charge >= 0.3 is 5.97 Å². The van der Waals surface area contributed by atoms with Gasteiger partial charge in [0.1, 0.15) is 11.7 Å². The van der Waals surface area contributed by atoms with Gasteiger partial charge in [0, 0.05) is 13.2 Å². The number of hydrazone groups is 1. The Balaban J connectivity index is 3.14. The first-order chi connectivity index (χ1) is 10.2. The molecule has 1 heterocycles. The smallest absolute Gasteiger partial charge is 0.313 e. The molecule has 0 fully saturated rings. The molecule has 0 bridgehead atoms. The minimum absolute atomic E-state index is 0.576. The van der Waals surface area contributed by atoms with Crippen LogP contribution < -0.4 is 10.6 Å². The summed E-state index contributed by atoms with van der Waals surface area (Å²) < 4.78 is 0. The Morgan fingerprint density at radius 3 is 2.64 bits per heavy atom. The number of allylic oxidation sites excluding steroid dienone is 3. The van der Waals surface area contributed by atoms with Gasteiger partial charge < -0.3 is 15.7 Å². The molecular weight excluding hydrogens is 280 g/mol. The van der Waals surface area contributed by atoms with Gasteiger partial charge in [-0.05, 0) is 39.3 Å². The predicted molar refractivity (Wildman–Crippen MR) is 88.7 cm³/mol. The number of nitrogens with one attached hydrogen (secondary N) is 2. The predicted octanol–water partition coefficient (Wildman–Crippen LogP) is 2.37. The van der Waals surface area contributed by atoms with E-state index in [0.717, 1.165) is 17.4 Å². The fourth-order valence-corrected chi connectivity index (χ4v) is 1.95. The summed E-state index contributed by atoms with van der Waals surface area (Å²) in [5.74, 6) is 0.594. The van der Waals surface area contributed by atoms with E-state index >= 15 is 0 Å². The number of nitrogens with zero attached hydrogens (tertiary/aromatic N) is 2. The number of amidine groups is 1. The normalized spacial score (nSPS) is 16.5. The molecule has 0 aliphatic carbocycles. The second-order valence-electron chi connectivity index (χ2n) is 5.47. The summed E-state index contributed by atoms with van der Waals surface area (Å²) in [4.78, 5) is 11.4.